The maximum Gasteiger partial charge on any atom is 0.270 e. The van der Waals surface area contributed by atoms with Crippen molar-refractivity contribution in [1.82, 2.24) is 15.3 Å². The molecular formula is C15H18N4O. The van der Waals surface area contributed by atoms with Crippen LogP contribution in [0.2, 0.25) is 0 Å². The zero-order valence-electron chi connectivity index (χ0n) is 11.6. The number of carbonyl (C=O) groups is 1. The Bertz CT molecular complexity index is 569. The molecule has 5 nitrogen and oxygen atoms in total. The molecule has 0 aromatic carbocycles. The van der Waals surface area contributed by atoms with Gasteiger partial charge in [0.05, 0.1) is 0 Å². The van der Waals surface area contributed by atoms with Crippen LogP contribution in [0.5, 0.6) is 0 Å². The summed E-state index contributed by atoms with van der Waals surface area (Å²) in [7, 11) is 0. The van der Waals surface area contributed by atoms with Gasteiger partial charge in [0.1, 0.15) is 5.69 Å². The van der Waals surface area contributed by atoms with E-state index >= 15 is 0 Å². The summed E-state index contributed by atoms with van der Waals surface area (Å²) in [5, 5.41) is 6.08. The summed E-state index contributed by atoms with van der Waals surface area (Å²) in [6, 6.07) is 7.57. The highest BCUT2D eigenvalue weighted by molar-refractivity contribution is 5.93. The molecule has 5 heteroatoms. The molecule has 0 aliphatic heterocycles. The molecule has 0 aliphatic carbocycles. The smallest absolute Gasteiger partial charge is 0.270 e. The van der Waals surface area contributed by atoms with Gasteiger partial charge >= 0.3 is 0 Å². The predicted octanol–water partition coefficient (Wildman–Crippen LogP) is 2.23. The van der Waals surface area contributed by atoms with Crippen LogP contribution >= 0.6 is 0 Å². The SMILES string of the molecule is CC(C)NC(=O)c1cc(NCc2ccncc2)ccn1. The van der Waals surface area contributed by atoms with Gasteiger partial charge in [-0.25, -0.2) is 0 Å². The second-order valence-electron chi connectivity index (χ2n) is 4.77. The Labute approximate surface area is 118 Å². The molecule has 2 aromatic rings. The fourth-order valence-electron chi connectivity index (χ4n) is 1.71. The zero-order valence-corrected chi connectivity index (χ0v) is 11.6. The summed E-state index contributed by atoms with van der Waals surface area (Å²) in [6.45, 7) is 4.52. The van der Waals surface area contributed by atoms with Gasteiger partial charge in [-0.3, -0.25) is 14.8 Å². The highest BCUT2D eigenvalue weighted by Gasteiger charge is 2.08. The summed E-state index contributed by atoms with van der Waals surface area (Å²) in [5.74, 6) is -0.160. The molecule has 0 atom stereocenters. The maximum atomic E-state index is 11.9. The number of nitrogens with zero attached hydrogens (tertiary/aromatic N) is 2. The Morgan fingerprint density at radius 3 is 2.65 bits per heavy atom. The predicted molar refractivity (Wildman–Crippen MR) is 78.4 cm³/mol. The van der Waals surface area contributed by atoms with E-state index in [0.717, 1.165) is 11.3 Å². The Kier molecular flexibility index (Phi) is 4.65. The number of amides is 1. The van der Waals surface area contributed by atoms with Crippen molar-refractivity contribution in [2.45, 2.75) is 26.4 Å². The van der Waals surface area contributed by atoms with Crippen molar-refractivity contribution < 1.29 is 4.79 Å². The van der Waals surface area contributed by atoms with Gasteiger partial charge < -0.3 is 10.6 Å². The van der Waals surface area contributed by atoms with Crippen LogP contribution < -0.4 is 10.6 Å². The van der Waals surface area contributed by atoms with Gasteiger partial charge in [0.25, 0.3) is 5.91 Å². The fourth-order valence-corrected chi connectivity index (χ4v) is 1.71. The zero-order chi connectivity index (χ0) is 14.4. The molecule has 2 rings (SSSR count). The van der Waals surface area contributed by atoms with Crippen LogP contribution in [-0.2, 0) is 6.54 Å². The van der Waals surface area contributed by atoms with Crippen molar-refractivity contribution in [3.8, 4) is 0 Å². The number of pyridine rings is 2. The summed E-state index contributed by atoms with van der Waals surface area (Å²) >= 11 is 0. The van der Waals surface area contributed by atoms with Crippen LogP contribution in [0.4, 0.5) is 5.69 Å². The third-order valence-electron chi connectivity index (χ3n) is 2.66. The average Bonchev–Trinajstić information content (AvgIpc) is 2.46. The highest BCUT2D eigenvalue weighted by atomic mass is 16.1. The molecule has 2 aromatic heterocycles. The summed E-state index contributed by atoms with van der Waals surface area (Å²) in [4.78, 5) is 19.9. The van der Waals surface area contributed by atoms with Crippen molar-refractivity contribution in [2.75, 3.05) is 5.32 Å². The van der Waals surface area contributed by atoms with E-state index in [1.807, 2.05) is 32.0 Å². The third-order valence-corrected chi connectivity index (χ3v) is 2.66. The molecule has 2 N–H and O–H groups in total. The van der Waals surface area contributed by atoms with Gasteiger partial charge in [-0.1, -0.05) is 0 Å². The van der Waals surface area contributed by atoms with Gasteiger partial charge in [0, 0.05) is 36.9 Å². The average molecular weight is 270 g/mol. The minimum absolute atomic E-state index is 0.0951. The van der Waals surface area contributed by atoms with E-state index < -0.39 is 0 Å². The molecule has 0 aliphatic rings. The van der Waals surface area contributed by atoms with E-state index in [-0.39, 0.29) is 11.9 Å². The van der Waals surface area contributed by atoms with E-state index in [4.69, 9.17) is 0 Å². The molecule has 104 valence electrons. The first-order valence-corrected chi connectivity index (χ1v) is 6.55. The van der Waals surface area contributed by atoms with Crippen LogP contribution in [0.15, 0.2) is 42.9 Å². The van der Waals surface area contributed by atoms with Crippen molar-refractivity contribution in [2.24, 2.45) is 0 Å². The summed E-state index contributed by atoms with van der Waals surface area (Å²) in [6.07, 6.45) is 5.14. The molecule has 0 saturated carbocycles. The van der Waals surface area contributed by atoms with Crippen LogP contribution in [-0.4, -0.2) is 21.9 Å². The number of rotatable bonds is 5. The third kappa shape index (κ3) is 4.05. The van der Waals surface area contributed by atoms with Gasteiger partial charge in [0.2, 0.25) is 0 Å². The number of hydrogen-bond donors (Lipinski definition) is 2. The van der Waals surface area contributed by atoms with Crippen LogP contribution in [0.3, 0.4) is 0 Å². The Balaban J connectivity index is 2.01. The molecule has 0 radical (unpaired) electrons. The molecule has 0 spiro atoms. The van der Waals surface area contributed by atoms with E-state index in [1.54, 1.807) is 24.7 Å². The second kappa shape index (κ2) is 6.65. The van der Waals surface area contributed by atoms with Gasteiger partial charge in [-0.15, -0.1) is 0 Å². The van der Waals surface area contributed by atoms with Gasteiger partial charge in [-0.2, -0.15) is 0 Å². The lowest BCUT2D eigenvalue weighted by atomic mass is 10.2. The lowest BCUT2D eigenvalue weighted by molar-refractivity contribution is 0.0938. The fraction of sp³-hybridized carbons (Fsp3) is 0.267. The van der Waals surface area contributed by atoms with Crippen LogP contribution in [0.25, 0.3) is 0 Å². The molecule has 2 heterocycles. The maximum absolute atomic E-state index is 11.9. The molecule has 1 amide bonds. The van der Waals surface area contributed by atoms with Gasteiger partial charge in [-0.05, 0) is 43.7 Å². The van der Waals surface area contributed by atoms with E-state index in [2.05, 4.69) is 20.6 Å². The standard InChI is InChI=1S/C15H18N4O/c1-11(2)19-15(20)14-9-13(5-8-17-14)18-10-12-3-6-16-7-4-12/h3-9,11H,10H2,1-2H3,(H,17,18)(H,19,20). The van der Waals surface area contributed by atoms with Crippen molar-refractivity contribution in [3.63, 3.8) is 0 Å². The lowest BCUT2D eigenvalue weighted by Gasteiger charge is -2.10. The number of anilines is 1. The first kappa shape index (κ1) is 14.0. The largest absolute Gasteiger partial charge is 0.381 e. The molecule has 0 fully saturated rings. The number of aromatic nitrogens is 2. The van der Waals surface area contributed by atoms with Crippen LogP contribution in [0, 0.1) is 0 Å². The second-order valence-corrected chi connectivity index (χ2v) is 4.77. The topological polar surface area (TPSA) is 66.9 Å². The minimum atomic E-state index is -0.160. The first-order valence-electron chi connectivity index (χ1n) is 6.55. The molecular weight excluding hydrogens is 252 g/mol. The normalized spacial score (nSPS) is 10.3. The van der Waals surface area contributed by atoms with E-state index in [1.165, 1.54) is 0 Å². The molecule has 0 bridgehead atoms. The number of hydrogen-bond acceptors (Lipinski definition) is 4. The van der Waals surface area contributed by atoms with Crippen LogP contribution in [0.1, 0.15) is 29.9 Å². The Morgan fingerprint density at radius 2 is 1.95 bits per heavy atom. The van der Waals surface area contributed by atoms with Crippen molar-refractivity contribution in [1.29, 1.82) is 0 Å². The summed E-state index contributed by atoms with van der Waals surface area (Å²) < 4.78 is 0. The molecule has 0 unspecified atom stereocenters. The molecule has 0 saturated heterocycles. The molecule has 20 heavy (non-hydrogen) atoms. The lowest BCUT2D eigenvalue weighted by Crippen LogP contribution is -2.30. The monoisotopic (exact) mass is 270 g/mol. The summed E-state index contributed by atoms with van der Waals surface area (Å²) in [5.41, 5.74) is 2.41. The first-order chi connectivity index (χ1) is 9.65. The number of nitrogens with one attached hydrogen (secondary N) is 2. The van der Waals surface area contributed by atoms with Gasteiger partial charge in [0.15, 0.2) is 0 Å². The minimum Gasteiger partial charge on any atom is -0.381 e. The van der Waals surface area contributed by atoms with E-state index in [9.17, 15) is 4.79 Å². The Hall–Kier alpha value is -2.43. The van der Waals surface area contributed by atoms with Crippen molar-refractivity contribution >= 4 is 11.6 Å². The highest BCUT2D eigenvalue weighted by Crippen LogP contribution is 2.10. The Morgan fingerprint density at radius 1 is 1.20 bits per heavy atom. The number of carbonyl (C=O) groups excluding carboxylic acids is 1. The quantitative estimate of drug-likeness (QED) is 0.874. The van der Waals surface area contributed by atoms with Crippen molar-refractivity contribution in [3.05, 3.63) is 54.1 Å². The van der Waals surface area contributed by atoms with E-state index in [0.29, 0.717) is 12.2 Å².